The molecule has 4 aromatic carbocycles. The SMILES string of the molecule is CC(C)c1cccc2c1-c1ccccc1[Si]21c2ccccc2-c2ccccc21. The van der Waals surface area contributed by atoms with Gasteiger partial charge in [-0.25, -0.2) is 0 Å². The molecule has 0 saturated heterocycles. The summed E-state index contributed by atoms with van der Waals surface area (Å²) in [6.45, 7) is 4.64. The zero-order valence-electron chi connectivity index (χ0n) is 16.2. The lowest BCUT2D eigenvalue weighted by Crippen LogP contribution is -2.70. The molecule has 0 aromatic heterocycles. The molecule has 0 nitrogen and oxygen atoms in total. The molecule has 6 rings (SSSR count). The van der Waals surface area contributed by atoms with Gasteiger partial charge in [0.1, 0.15) is 0 Å². The fourth-order valence-electron chi connectivity index (χ4n) is 5.65. The smallest absolute Gasteiger partial charge is 0.0623 e. The molecule has 1 heteroatoms. The van der Waals surface area contributed by atoms with Crippen LogP contribution in [0.25, 0.3) is 22.3 Å². The van der Waals surface area contributed by atoms with E-state index in [1.165, 1.54) is 27.8 Å². The predicted molar refractivity (Wildman–Crippen MR) is 122 cm³/mol. The number of benzene rings is 4. The van der Waals surface area contributed by atoms with Crippen LogP contribution in [0.2, 0.25) is 0 Å². The van der Waals surface area contributed by atoms with Crippen molar-refractivity contribution in [1.82, 2.24) is 0 Å². The summed E-state index contributed by atoms with van der Waals surface area (Å²) in [4.78, 5) is 0. The van der Waals surface area contributed by atoms with Crippen LogP contribution in [0.3, 0.4) is 0 Å². The summed E-state index contributed by atoms with van der Waals surface area (Å²) in [5.41, 5.74) is 7.31. The number of fused-ring (bicyclic) bond motifs is 10. The van der Waals surface area contributed by atoms with Crippen LogP contribution in [-0.2, 0) is 0 Å². The van der Waals surface area contributed by atoms with E-state index in [2.05, 4.69) is 105 Å². The fraction of sp³-hybridized carbons (Fsp3) is 0.111. The highest BCUT2D eigenvalue weighted by Gasteiger charge is 2.54. The maximum Gasteiger partial charge on any atom is 0.182 e. The van der Waals surface area contributed by atoms with Crippen LogP contribution < -0.4 is 20.7 Å². The van der Waals surface area contributed by atoms with Gasteiger partial charge >= 0.3 is 0 Å². The highest BCUT2D eigenvalue weighted by Crippen LogP contribution is 2.38. The first-order valence-electron chi connectivity index (χ1n) is 10.2. The first-order chi connectivity index (χ1) is 13.7. The molecule has 0 N–H and O–H groups in total. The zero-order valence-corrected chi connectivity index (χ0v) is 17.2. The Morgan fingerprint density at radius 3 is 1.54 bits per heavy atom. The topological polar surface area (TPSA) is 0 Å². The van der Waals surface area contributed by atoms with Gasteiger partial charge in [-0.3, -0.25) is 0 Å². The minimum atomic E-state index is -2.23. The molecule has 2 aliphatic heterocycles. The molecule has 134 valence electrons. The van der Waals surface area contributed by atoms with E-state index in [4.69, 9.17) is 0 Å². The number of hydrogen-bond acceptors (Lipinski definition) is 0. The minimum absolute atomic E-state index is 0.513. The zero-order chi connectivity index (χ0) is 18.9. The average Bonchev–Trinajstić information content (AvgIpc) is 3.21. The molecule has 0 unspecified atom stereocenters. The highest BCUT2D eigenvalue weighted by molar-refractivity contribution is 7.24. The van der Waals surface area contributed by atoms with Gasteiger partial charge in [-0.05, 0) is 54.5 Å². The van der Waals surface area contributed by atoms with E-state index >= 15 is 0 Å². The summed E-state index contributed by atoms with van der Waals surface area (Å²) in [5, 5.41) is 6.26. The van der Waals surface area contributed by atoms with Crippen molar-refractivity contribution in [3.8, 4) is 22.3 Å². The lowest BCUT2D eigenvalue weighted by molar-refractivity contribution is 0.870. The Morgan fingerprint density at radius 2 is 0.964 bits per heavy atom. The fourth-order valence-corrected chi connectivity index (χ4v) is 11.3. The molecule has 0 saturated carbocycles. The van der Waals surface area contributed by atoms with Crippen LogP contribution in [-0.4, -0.2) is 8.07 Å². The Kier molecular flexibility index (Phi) is 3.19. The van der Waals surface area contributed by atoms with Crippen molar-refractivity contribution >= 4 is 28.8 Å². The van der Waals surface area contributed by atoms with Gasteiger partial charge in [-0.1, -0.05) is 105 Å². The van der Waals surface area contributed by atoms with Crippen molar-refractivity contribution in [2.24, 2.45) is 0 Å². The molecule has 1 spiro atoms. The van der Waals surface area contributed by atoms with E-state index < -0.39 is 8.07 Å². The van der Waals surface area contributed by atoms with Crippen molar-refractivity contribution < 1.29 is 0 Å². The average molecular weight is 375 g/mol. The second kappa shape index (κ2) is 5.56. The molecule has 0 fully saturated rings. The molecule has 2 aliphatic rings. The van der Waals surface area contributed by atoms with E-state index in [1.807, 2.05) is 0 Å². The monoisotopic (exact) mass is 374 g/mol. The Balaban J connectivity index is 1.86. The van der Waals surface area contributed by atoms with Crippen molar-refractivity contribution in [2.45, 2.75) is 19.8 Å². The summed E-state index contributed by atoms with van der Waals surface area (Å²) in [6, 6.07) is 34.5. The van der Waals surface area contributed by atoms with Gasteiger partial charge in [-0.15, -0.1) is 0 Å². The molecular weight excluding hydrogens is 352 g/mol. The van der Waals surface area contributed by atoms with Crippen molar-refractivity contribution in [2.75, 3.05) is 0 Å². The Hall–Kier alpha value is -2.90. The molecule has 28 heavy (non-hydrogen) atoms. The van der Waals surface area contributed by atoms with Crippen molar-refractivity contribution in [3.05, 3.63) is 96.6 Å². The molecule has 4 aromatic rings. The standard InChI is InChI=1S/C27H22Si/c1-18(2)19-13-9-17-26-27(19)22-12-5-8-16-25(22)28(26)23-14-6-3-10-20(23)21-11-4-7-15-24(21)28/h3-18H,1-2H3. The Bertz CT molecular complexity index is 1200. The molecule has 0 radical (unpaired) electrons. The van der Waals surface area contributed by atoms with E-state index in [0.717, 1.165) is 0 Å². The molecular formula is C27H22Si. The maximum atomic E-state index is 2.42. The van der Waals surface area contributed by atoms with E-state index in [0.29, 0.717) is 5.92 Å². The predicted octanol–water partition coefficient (Wildman–Crippen LogP) is 4.15. The van der Waals surface area contributed by atoms with Gasteiger partial charge in [0, 0.05) is 0 Å². The first-order valence-corrected chi connectivity index (χ1v) is 12.2. The first kappa shape index (κ1) is 16.1. The Labute approximate surface area is 167 Å². The molecule has 0 atom stereocenters. The summed E-state index contributed by atoms with van der Waals surface area (Å²) in [7, 11) is -2.23. The maximum absolute atomic E-state index is 2.42. The summed E-state index contributed by atoms with van der Waals surface area (Å²) >= 11 is 0. The highest BCUT2D eigenvalue weighted by atomic mass is 28.3. The number of rotatable bonds is 1. The molecule has 2 heterocycles. The van der Waals surface area contributed by atoms with E-state index in [-0.39, 0.29) is 0 Å². The third-order valence-corrected chi connectivity index (χ3v) is 11.6. The van der Waals surface area contributed by atoms with Gasteiger partial charge in [0.15, 0.2) is 8.07 Å². The van der Waals surface area contributed by atoms with Gasteiger partial charge in [0.25, 0.3) is 0 Å². The van der Waals surface area contributed by atoms with Crippen LogP contribution in [0, 0.1) is 0 Å². The molecule has 0 aliphatic carbocycles. The lowest BCUT2D eigenvalue weighted by Gasteiger charge is -2.28. The second-order valence-corrected chi connectivity index (χ2v) is 12.0. The normalized spacial score (nSPS) is 14.7. The third kappa shape index (κ3) is 1.76. The van der Waals surface area contributed by atoms with Crippen LogP contribution in [0.15, 0.2) is 91.0 Å². The lowest BCUT2D eigenvalue weighted by atomic mass is 9.93. The Morgan fingerprint density at radius 1 is 0.500 bits per heavy atom. The second-order valence-electron chi connectivity index (χ2n) is 8.31. The van der Waals surface area contributed by atoms with Crippen molar-refractivity contribution in [3.63, 3.8) is 0 Å². The van der Waals surface area contributed by atoms with Crippen LogP contribution in [0.5, 0.6) is 0 Å². The number of hydrogen-bond donors (Lipinski definition) is 0. The summed E-state index contributed by atoms with van der Waals surface area (Å²) < 4.78 is 0. The van der Waals surface area contributed by atoms with Crippen LogP contribution >= 0.6 is 0 Å². The quantitative estimate of drug-likeness (QED) is 0.379. The van der Waals surface area contributed by atoms with E-state index in [1.54, 1.807) is 20.7 Å². The van der Waals surface area contributed by atoms with E-state index in [9.17, 15) is 0 Å². The van der Waals surface area contributed by atoms with Gasteiger partial charge in [0.05, 0.1) is 0 Å². The van der Waals surface area contributed by atoms with Gasteiger partial charge in [0.2, 0.25) is 0 Å². The largest absolute Gasteiger partial charge is 0.182 e. The van der Waals surface area contributed by atoms with Gasteiger partial charge < -0.3 is 0 Å². The third-order valence-electron chi connectivity index (χ3n) is 6.68. The molecule has 0 bridgehead atoms. The summed E-state index contributed by atoms with van der Waals surface area (Å²) in [5.74, 6) is 0.513. The van der Waals surface area contributed by atoms with Crippen LogP contribution in [0.1, 0.15) is 25.3 Å². The van der Waals surface area contributed by atoms with Crippen molar-refractivity contribution in [1.29, 1.82) is 0 Å². The van der Waals surface area contributed by atoms with Crippen LogP contribution in [0.4, 0.5) is 0 Å². The summed E-state index contributed by atoms with van der Waals surface area (Å²) in [6.07, 6.45) is 0. The minimum Gasteiger partial charge on any atom is -0.0623 e. The molecule has 0 amide bonds. The van der Waals surface area contributed by atoms with Gasteiger partial charge in [-0.2, -0.15) is 0 Å².